The molecule has 0 saturated heterocycles. The van der Waals surface area contributed by atoms with Crippen molar-refractivity contribution in [2.75, 3.05) is 0 Å². The van der Waals surface area contributed by atoms with E-state index in [1.165, 1.54) is 5.56 Å². The minimum atomic E-state index is 0.949. The van der Waals surface area contributed by atoms with Gasteiger partial charge in [-0.15, -0.1) is 0 Å². The molecule has 4 aromatic carbocycles. The molecule has 0 aliphatic carbocycles. The molecule has 0 bridgehead atoms. The summed E-state index contributed by atoms with van der Waals surface area (Å²) in [6.07, 6.45) is 1.85. The third-order valence-electron chi connectivity index (χ3n) is 6.91. The molecule has 3 heterocycles. The van der Waals surface area contributed by atoms with Crippen molar-refractivity contribution in [3.63, 3.8) is 0 Å². The largest absolute Gasteiger partial charge is 0.308 e. The van der Waals surface area contributed by atoms with Gasteiger partial charge in [-0.1, -0.05) is 88.7 Å². The molecule has 0 fully saturated rings. The van der Waals surface area contributed by atoms with Crippen LogP contribution in [0.25, 0.3) is 61.3 Å². The van der Waals surface area contributed by atoms with Crippen LogP contribution in [0.2, 0.25) is 0 Å². The number of fused-ring (bicyclic) bond motifs is 3. The first-order valence-electron chi connectivity index (χ1n) is 12.5. The van der Waals surface area contributed by atoms with Crippen LogP contribution < -0.4 is 0 Å². The van der Waals surface area contributed by atoms with Crippen LogP contribution in [0.3, 0.4) is 0 Å². The third kappa shape index (κ3) is 4.00. The lowest BCUT2D eigenvalue weighted by molar-refractivity contribution is 1.17. The number of hydrogen-bond acceptors (Lipinski definition) is 2. The average molecular weight is 552 g/mol. The number of pyridine rings is 2. The van der Waals surface area contributed by atoms with E-state index in [-0.39, 0.29) is 0 Å². The van der Waals surface area contributed by atoms with Crippen LogP contribution in [0.1, 0.15) is 0 Å². The van der Waals surface area contributed by atoms with Crippen LogP contribution in [0.5, 0.6) is 0 Å². The second-order valence-corrected chi connectivity index (χ2v) is 10.2. The molecular formula is C34H22BrN3. The Kier molecular flexibility index (Phi) is 5.60. The Morgan fingerprint density at radius 3 is 1.89 bits per heavy atom. The van der Waals surface area contributed by atoms with Crippen LogP contribution in [-0.4, -0.2) is 14.5 Å². The monoisotopic (exact) mass is 551 g/mol. The summed E-state index contributed by atoms with van der Waals surface area (Å²) in [4.78, 5) is 9.77. The van der Waals surface area contributed by atoms with Gasteiger partial charge in [-0.05, 0) is 65.7 Å². The van der Waals surface area contributed by atoms with Crippen molar-refractivity contribution in [1.82, 2.24) is 14.5 Å². The van der Waals surface area contributed by atoms with E-state index in [0.29, 0.717) is 0 Å². The summed E-state index contributed by atoms with van der Waals surface area (Å²) in [5.74, 6) is 0. The number of benzene rings is 4. The van der Waals surface area contributed by atoms with E-state index >= 15 is 0 Å². The highest BCUT2D eigenvalue weighted by Gasteiger charge is 2.14. The molecule has 38 heavy (non-hydrogen) atoms. The first-order valence-corrected chi connectivity index (χ1v) is 13.3. The summed E-state index contributed by atoms with van der Waals surface area (Å²) < 4.78 is 3.32. The summed E-state index contributed by atoms with van der Waals surface area (Å²) in [7, 11) is 0. The summed E-state index contributed by atoms with van der Waals surface area (Å²) in [6.45, 7) is 0. The SMILES string of the molecule is Brc1ccc2c(c1)c1ncccc1n2-c1ccc(-c2cc(-c3ccccc3)cc(-c3ccccc3)n2)cc1. The topological polar surface area (TPSA) is 30.7 Å². The van der Waals surface area contributed by atoms with Gasteiger partial charge in [0.1, 0.15) is 0 Å². The summed E-state index contributed by atoms with van der Waals surface area (Å²) in [5.41, 5.74) is 10.7. The zero-order valence-electron chi connectivity index (χ0n) is 20.4. The Morgan fingerprint density at radius 1 is 0.526 bits per heavy atom. The molecule has 0 aliphatic rings. The smallest absolute Gasteiger partial charge is 0.0963 e. The molecule has 0 atom stereocenters. The van der Waals surface area contributed by atoms with Gasteiger partial charge in [-0.25, -0.2) is 4.98 Å². The quantitative estimate of drug-likeness (QED) is 0.218. The maximum absolute atomic E-state index is 5.08. The number of hydrogen-bond donors (Lipinski definition) is 0. The molecule has 0 unspecified atom stereocenters. The van der Waals surface area contributed by atoms with Crippen molar-refractivity contribution in [3.8, 4) is 39.3 Å². The molecule has 0 radical (unpaired) electrons. The van der Waals surface area contributed by atoms with Crippen LogP contribution in [0.15, 0.2) is 138 Å². The highest BCUT2D eigenvalue weighted by atomic mass is 79.9. The van der Waals surface area contributed by atoms with Crippen molar-refractivity contribution in [2.45, 2.75) is 0 Å². The standard InChI is InChI=1S/C34H22BrN3/c35-27-15-18-32-29(22-27)34-33(12-7-19-36-34)38(32)28-16-13-25(14-17-28)31-21-26(23-8-3-1-4-9-23)20-30(37-31)24-10-5-2-6-11-24/h1-22H. The van der Waals surface area contributed by atoms with Crippen molar-refractivity contribution in [2.24, 2.45) is 0 Å². The number of nitrogens with zero attached hydrogens (tertiary/aromatic N) is 3. The highest BCUT2D eigenvalue weighted by Crippen LogP contribution is 2.34. The zero-order valence-corrected chi connectivity index (χ0v) is 22.0. The van der Waals surface area contributed by atoms with Gasteiger partial charge in [0.15, 0.2) is 0 Å². The van der Waals surface area contributed by atoms with Gasteiger partial charge in [-0.2, -0.15) is 0 Å². The van der Waals surface area contributed by atoms with Gasteiger partial charge in [0.2, 0.25) is 0 Å². The van der Waals surface area contributed by atoms with Gasteiger partial charge >= 0.3 is 0 Å². The van der Waals surface area contributed by atoms with Gasteiger partial charge in [0, 0.05) is 32.9 Å². The Morgan fingerprint density at radius 2 is 1.18 bits per heavy atom. The molecule has 7 aromatic rings. The van der Waals surface area contributed by atoms with Gasteiger partial charge in [-0.3, -0.25) is 4.98 Å². The molecule has 4 heteroatoms. The van der Waals surface area contributed by atoms with E-state index in [9.17, 15) is 0 Å². The van der Waals surface area contributed by atoms with E-state index in [4.69, 9.17) is 4.98 Å². The Hall–Kier alpha value is -4.54. The van der Waals surface area contributed by atoms with E-state index in [2.05, 4.69) is 135 Å². The van der Waals surface area contributed by atoms with E-state index in [1.54, 1.807) is 0 Å². The van der Waals surface area contributed by atoms with Crippen molar-refractivity contribution in [3.05, 3.63) is 138 Å². The molecule has 180 valence electrons. The molecule has 0 amide bonds. The summed E-state index contributed by atoms with van der Waals surface area (Å²) >= 11 is 3.62. The predicted octanol–water partition coefficient (Wildman–Crippen LogP) is 9.34. The molecule has 0 spiro atoms. The van der Waals surface area contributed by atoms with E-state index < -0.39 is 0 Å². The lowest BCUT2D eigenvalue weighted by atomic mass is 10.00. The first kappa shape index (κ1) is 22.6. The first-order chi connectivity index (χ1) is 18.7. The minimum Gasteiger partial charge on any atom is -0.308 e. The van der Waals surface area contributed by atoms with Crippen LogP contribution in [0.4, 0.5) is 0 Å². The fraction of sp³-hybridized carbons (Fsp3) is 0. The molecular weight excluding hydrogens is 530 g/mol. The maximum Gasteiger partial charge on any atom is 0.0963 e. The van der Waals surface area contributed by atoms with Crippen LogP contribution in [-0.2, 0) is 0 Å². The zero-order chi connectivity index (χ0) is 25.5. The second kappa shape index (κ2) is 9.40. The van der Waals surface area contributed by atoms with Crippen molar-refractivity contribution in [1.29, 1.82) is 0 Å². The number of rotatable bonds is 4. The van der Waals surface area contributed by atoms with Crippen LogP contribution in [0, 0.1) is 0 Å². The third-order valence-corrected chi connectivity index (χ3v) is 7.40. The Balaban J connectivity index is 1.37. The number of halogens is 1. The number of aromatic nitrogens is 3. The summed E-state index contributed by atoms with van der Waals surface area (Å²) in [5, 5.41) is 1.13. The highest BCUT2D eigenvalue weighted by molar-refractivity contribution is 9.10. The average Bonchev–Trinajstić information content (AvgIpc) is 3.31. The van der Waals surface area contributed by atoms with Crippen molar-refractivity contribution < 1.29 is 0 Å². The normalized spacial score (nSPS) is 11.3. The fourth-order valence-corrected chi connectivity index (χ4v) is 5.46. The van der Waals surface area contributed by atoms with Gasteiger partial charge in [0.05, 0.1) is 27.9 Å². The minimum absolute atomic E-state index is 0.949. The van der Waals surface area contributed by atoms with Gasteiger partial charge < -0.3 is 4.57 Å². The molecule has 3 nitrogen and oxygen atoms in total. The molecule has 0 saturated carbocycles. The van der Waals surface area contributed by atoms with Gasteiger partial charge in [0.25, 0.3) is 0 Å². The Bertz CT molecular complexity index is 1850. The van der Waals surface area contributed by atoms with E-state index in [1.807, 2.05) is 24.4 Å². The molecule has 3 aromatic heterocycles. The fourth-order valence-electron chi connectivity index (χ4n) is 5.10. The molecule has 0 N–H and O–H groups in total. The molecule has 7 rings (SSSR count). The summed E-state index contributed by atoms with van der Waals surface area (Å²) in [6, 6.07) is 44.3. The van der Waals surface area contributed by atoms with Crippen LogP contribution >= 0.6 is 15.9 Å². The lowest BCUT2D eigenvalue weighted by Crippen LogP contribution is -1.95. The predicted molar refractivity (Wildman–Crippen MR) is 160 cm³/mol. The Labute approximate surface area is 229 Å². The van der Waals surface area contributed by atoms with Crippen molar-refractivity contribution >= 4 is 37.9 Å². The lowest BCUT2D eigenvalue weighted by Gasteiger charge is -2.12. The van der Waals surface area contributed by atoms with E-state index in [0.717, 1.165) is 60.2 Å². The second-order valence-electron chi connectivity index (χ2n) is 9.27. The molecule has 0 aliphatic heterocycles. The maximum atomic E-state index is 5.08.